The van der Waals surface area contributed by atoms with Crippen LogP contribution in [-0.2, 0) is 9.59 Å². The molecule has 134 valence electrons. The molecule has 0 unspecified atom stereocenters. The molecule has 1 heterocycles. The number of hydrogen-bond acceptors (Lipinski definition) is 5. The van der Waals surface area contributed by atoms with Crippen LogP contribution in [0, 0.1) is 0 Å². The fourth-order valence-corrected chi connectivity index (χ4v) is 3.34. The molecule has 1 N–H and O–H groups in total. The van der Waals surface area contributed by atoms with E-state index < -0.39 is 24.0 Å². The number of benzene rings is 1. The molecule has 1 aromatic rings. The quantitative estimate of drug-likeness (QED) is 0.590. The van der Waals surface area contributed by atoms with E-state index in [1.807, 2.05) is 0 Å². The minimum absolute atomic E-state index is 0.0903. The fourth-order valence-electron chi connectivity index (χ4n) is 2.03. The van der Waals surface area contributed by atoms with Gasteiger partial charge in [0, 0.05) is 13.0 Å². The lowest BCUT2D eigenvalue weighted by molar-refractivity contribution is -0.274. The number of carboxylic acid groups (broad SMARTS) is 1. The number of thioether (sulfide) groups is 1. The summed E-state index contributed by atoms with van der Waals surface area (Å²) in [5.74, 6) is -1.76. The van der Waals surface area contributed by atoms with Gasteiger partial charge in [0.25, 0.3) is 5.91 Å². The van der Waals surface area contributed by atoms with Crippen LogP contribution in [0.5, 0.6) is 5.75 Å². The van der Waals surface area contributed by atoms with Gasteiger partial charge < -0.3 is 9.84 Å². The minimum atomic E-state index is -4.80. The van der Waals surface area contributed by atoms with Gasteiger partial charge in [0.2, 0.25) is 0 Å². The lowest BCUT2D eigenvalue weighted by Crippen LogP contribution is -2.29. The lowest BCUT2D eigenvalue weighted by Gasteiger charge is -2.13. The first-order valence-electron chi connectivity index (χ1n) is 6.99. The predicted octanol–water partition coefficient (Wildman–Crippen LogP) is 3.65. The van der Waals surface area contributed by atoms with Crippen molar-refractivity contribution in [2.75, 3.05) is 6.54 Å². The third-order valence-electron chi connectivity index (χ3n) is 3.04. The standard InChI is InChI=1S/C15H12F3NO4S2/c16-15(17,18)23-10-4-1-3-9(7-10)8-11-13(22)19(14(24)25-11)6-2-5-12(20)21/h1,3-4,7-8H,2,5-6H2,(H,20,21). The molecule has 25 heavy (non-hydrogen) atoms. The summed E-state index contributed by atoms with van der Waals surface area (Å²) in [6, 6.07) is 5.22. The lowest BCUT2D eigenvalue weighted by atomic mass is 10.2. The molecule has 1 aromatic carbocycles. The first-order valence-corrected chi connectivity index (χ1v) is 8.21. The normalized spacial score (nSPS) is 16.6. The minimum Gasteiger partial charge on any atom is -0.481 e. The number of halogens is 3. The Labute approximate surface area is 150 Å². The van der Waals surface area contributed by atoms with Gasteiger partial charge in [-0.05, 0) is 30.2 Å². The topological polar surface area (TPSA) is 66.8 Å². The maximum absolute atomic E-state index is 12.3. The molecule has 0 spiro atoms. The van der Waals surface area contributed by atoms with Crippen molar-refractivity contribution < 1.29 is 32.6 Å². The third kappa shape index (κ3) is 5.75. The van der Waals surface area contributed by atoms with Gasteiger partial charge in [0.1, 0.15) is 10.1 Å². The summed E-state index contributed by atoms with van der Waals surface area (Å²) in [6.07, 6.45) is -3.22. The van der Waals surface area contributed by atoms with Gasteiger partial charge in [-0.15, -0.1) is 13.2 Å². The third-order valence-corrected chi connectivity index (χ3v) is 4.41. The van der Waals surface area contributed by atoms with E-state index in [2.05, 4.69) is 4.74 Å². The summed E-state index contributed by atoms with van der Waals surface area (Å²) in [6.45, 7) is 0.172. The zero-order chi connectivity index (χ0) is 18.6. The number of carbonyl (C=O) groups excluding carboxylic acids is 1. The number of carboxylic acids is 1. The average molecular weight is 391 g/mol. The van der Waals surface area contributed by atoms with Gasteiger partial charge in [-0.3, -0.25) is 14.5 Å². The van der Waals surface area contributed by atoms with Crippen LogP contribution in [0.1, 0.15) is 18.4 Å². The summed E-state index contributed by atoms with van der Waals surface area (Å²) >= 11 is 6.11. The zero-order valence-corrected chi connectivity index (χ0v) is 14.2. The Morgan fingerprint density at radius 3 is 2.76 bits per heavy atom. The van der Waals surface area contributed by atoms with E-state index in [-0.39, 0.29) is 28.6 Å². The van der Waals surface area contributed by atoms with Gasteiger partial charge in [-0.1, -0.05) is 36.1 Å². The van der Waals surface area contributed by atoms with Crippen molar-refractivity contribution in [1.82, 2.24) is 4.90 Å². The molecule has 0 atom stereocenters. The van der Waals surface area contributed by atoms with Gasteiger partial charge >= 0.3 is 12.3 Å². The molecule has 0 aliphatic carbocycles. The summed E-state index contributed by atoms with van der Waals surface area (Å²) < 4.78 is 40.9. The first kappa shape index (κ1) is 19.3. The van der Waals surface area contributed by atoms with Crippen molar-refractivity contribution >= 4 is 46.3 Å². The van der Waals surface area contributed by atoms with Crippen molar-refractivity contribution in [3.05, 3.63) is 34.7 Å². The maximum atomic E-state index is 12.3. The molecular weight excluding hydrogens is 379 g/mol. The van der Waals surface area contributed by atoms with Crippen LogP contribution < -0.4 is 4.74 Å². The van der Waals surface area contributed by atoms with Gasteiger partial charge in [0.15, 0.2) is 0 Å². The molecule has 2 rings (SSSR count). The van der Waals surface area contributed by atoms with E-state index in [1.54, 1.807) is 0 Å². The van der Waals surface area contributed by atoms with E-state index >= 15 is 0 Å². The van der Waals surface area contributed by atoms with Crippen LogP contribution in [-0.4, -0.2) is 39.1 Å². The molecule has 5 nitrogen and oxygen atoms in total. The van der Waals surface area contributed by atoms with E-state index in [0.29, 0.717) is 5.56 Å². The molecule has 0 radical (unpaired) electrons. The smallest absolute Gasteiger partial charge is 0.481 e. The van der Waals surface area contributed by atoms with Crippen LogP contribution in [0.15, 0.2) is 29.2 Å². The summed E-state index contributed by atoms with van der Waals surface area (Å²) in [5.41, 5.74) is 0.354. The monoisotopic (exact) mass is 391 g/mol. The molecule has 0 aromatic heterocycles. The van der Waals surface area contributed by atoms with Crippen molar-refractivity contribution in [3.63, 3.8) is 0 Å². The SMILES string of the molecule is O=C(O)CCCN1C(=O)C(=Cc2cccc(OC(F)(F)F)c2)SC1=S. The second-order valence-corrected chi connectivity index (χ2v) is 6.63. The Hall–Kier alpha value is -2.07. The number of thiocarbonyl (C=S) groups is 1. The van der Waals surface area contributed by atoms with Gasteiger partial charge in [-0.25, -0.2) is 0 Å². The predicted molar refractivity (Wildman–Crippen MR) is 89.9 cm³/mol. The largest absolute Gasteiger partial charge is 0.573 e. The van der Waals surface area contributed by atoms with E-state index in [4.69, 9.17) is 17.3 Å². The first-order chi connectivity index (χ1) is 11.7. The van der Waals surface area contributed by atoms with Crippen LogP contribution in [0.25, 0.3) is 6.08 Å². The van der Waals surface area contributed by atoms with E-state index in [0.717, 1.165) is 23.9 Å². The Balaban J connectivity index is 2.11. The molecule has 1 saturated heterocycles. The Kier molecular flexibility index (Phi) is 6.07. The van der Waals surface area contributed by atoms with Crippen molar-refractivity contribution in [2.24, 2.45) is 0 Å². The molecule has 10 heteroatoms. The van der Waals surface area contributed by atoms with Crippen molar-refractivity contribution in [2.45, 2.75) is 19.2 Å². The molecule has 1 amide bonds. The highest BCUT2D eigenvalue weighted by Crippen LogP contribution is 2.33. The molecule has 1 fully saturated rings. The number of alkyl halides is 3. The number of aliphatic carboxylic acids is 1. The maximum Gasteiger partial charge on any atom is 0.573 e. The van der Waals surface area contributed by atoms with Crippen molar-refractivity contribution in [1.29, 1.82) is 0 Å². The summed E-state index contributed by atoms with van der Waals surface area (Å²) in [4.78, 5) is 24.4. The molecule has 0 saturated carbocycles. The molecule has 1 aliphatic rings. The Morgan fingerprint density at radius 1 is 1.40 bits per heavy atom. The van der Waals surface area contributed by atoms with Crippen molar-refractivity contribution in [3.8, 4) is 5.75 Å². The second kappa shape index (κ2) is 7.87. The number of rotatable bonds is 6. The number of nitrogens with zero attached hydrogens (tertiary/aromatic N) is 1. The number of carbonyl (C=O) groups is 2. The highest BCUT2D eigenvalue weighted by Gasteiger charge is 2.32. The number of amides is 1. The summed E-state index contributed by atoms with van der Waals surface area (Å²) in [5, 5.41) is 8.63. The number of ether oxygens (including phenoxy) is 1. The number of hydrogen-bond donors (Lipinski definition) is 1. The van der Waals surface area contributed by atoms with Crippen LogP contribution in [0.4, 0.5) is 13.2 Å². The zero-order valence-electron chi connectivity index (χ0n) is 12.6. The highest BCUT2D eigenvalue weighted by atomic mass is 32.2. The van der Waals surface area contributed by atoms with E-state index in [9.17, 15) is 22.8 Å². The highest BCUT2D eigenvalue weighted by molar-refractivity contribution is 8.26. The van der Waals surface area contributed by atoms with Gasteiger partial charge in [0.05, 0.1) is 4.91 Å². The summed E-state index contributed by atoms with van der Waals surface area (Å²) in [7, 11) is 0. The van der Waals surface area contributed by atoms with Gasteiger partial charge in [-0.2, -0.15) is 0 Å². The molecular formula is C15H12F3NO4S2. The van der Waals surface area contributed by atoms with Crippen LogP contribution in [0.2, 0.25) is 0 Å². The Bertz CT molecular complexity index is 734. The van der Waals surface area contributed by atoms with E-state index in [1.165, 1.54) is 23.1 Å². The Morgan fingerprint density at radius 2 is 2.12 bits per heavy atom. The van der Waals surface area contributed by atoms with Crippen LogP contribution >= 0.6 is 24.0 Å². The van der Waals surface area contributed by atoms with Crippen LogP contribution in [0.3, 0.4) is 0 Å². The second-order valence-electron chi connectivity index (χ2n) is 4.95. The molecule has 1 aliphatic heterocycles. The average Bonchev–Trinajstić information content (AvgIpc) is 2.73. The fraction of sp³-hybridized carbons (Fsp3) is 0.267. The molecule has 0 bridgehead atoms.